The Hall–Kier alpha value is -2.70. The fourth-order valence-corrected chi connectivity index (χ4v) is 3.85. The molecule has 130 valence electrons. The molecule has 3 rings (SSSR count). The number of hydrogen-bond donors (Lipinski definition) is 0. The molecular weight excluding hydrogens is 366 g/mol. The van der Waals surface area contributed by atoms with E-state index in [1.807, 2.05) is 49.4 Å². The molecule has 0 unspecified atom stereocenters. The summed E-state index contributed by atoms with van der Waals surface area (Å²) in [5, 5.41) is 10.8. The van der Waals surface area contributed by atoms with E-state index in [-0.39, 0.29) is 11.5 Å². The lowest BCUT2D eigenvalue weighted by Crippen LogP contribution is -2.28. The molecule has 26 heavy (non-hydrogen) atoms. The minimum absolute atomic E-state index is 0.0522. The van der Waals surface area contributed by atoms with E-state index in [4.69, 9.17) is 12.2 Å². The summed E-state index contributed by atoms with van der Waals surface area (Å²) in [4.78, 5) is 25.5. The van der Waals surface area contributed by atoms with Crippen molar-refractivity contribution >= 4 is 51.9 Å². The second-order valence-corrected chi connectivity index (χ2v) is 7.33. The zero-order chi connectivity index (χ0) is 18.7. The average molecular weight is 380 g/mol. The number of carbonyl (C=O) groups excluding carboxylic acids is 2. The van der Waals surface area contributed by atoms with Crippen LogP contribution in [0.15, 0.2) is 71.2 Å². The first-order chi connectivity index (χ1) is 12.5. The summed E-state index contributed by atoms with van der Waals surface area (Å²) in [6.07, 6.45) is 3.79. The number of carbonyl (C=O) groups is 2. The third-order valence-corrected chi connectivity index (χ3v) is 5.01. The van der Waals surface area contributed by atoms with Gasteiger partial charge in [-0.15, -0.1) is 0 Å². The normalized spacial score (nSPS) is 16.4. The maximum Gasteiger partial charge on any atom is 0.270 e. The molecule has 1 aliphatic heterocycles. The summed E-state index contributed by atoms with van der Waals surface area (Å²) < 4.78 is 0.412. The number of allylic oxidation sites excluding steroid dienone is 2. The number of carboxylic acid groups (broad SMARTS) is 1. The molecule has 1 fully saturated rings. The molecule has 0 saturated carbocycles. The quantitative estimate of drug-likeness (QED) is 0.601. The highest BCUT2D eigenvalue weighted by atomic mass is 32.2. The van der Waals surface area contributed by atoms with Gasteiger partial charge in [0.05, 0.1) is 16.6 Å². The molecule has 1 amide bonds. The summed E-state index contributed by atoms with van der Waals surface area (Å²) in [7, 11) is 0. The smallest absolute Gasteiger partial charge is 0.270 e. The number of anilines is 1. The molecule has 1 heterocycles. The monoisotopic (exact) mass is 380 g/mol. The van der Waals surface area contributed by atoms with Crippen LogP contribution >= 0.6 is 24.0 Å². The first kappa shape index (κ1) is 18.1. The van der Waals surface area contributed by atoms with E-state index in [0.29, 0.717) is 14.9 Å². The predicted octanol–water partition coefficient (Wildman–Crippen LogP) is 3.40. The van der Waals surface area contributed by atoms with Crippen LogP contribution in [0, 0.1) is 0 Å². The number of carboxylic acids is 1. The molecule has 0 bridgehead atoms. The number of benzene rings is 2. The molecular formula is C20H14NO3S2-. The summed E-state index contributed by atoms with van der Waals surface area (Å²) in [5.74, 6) is -1.48. The number of nitrogens with zero attached hydrogens (tertiary/aromatic N) is 1. The fourth-order valence-electron chi connectivity index (χ4n) is 2.50. The number of amides is 1. The van der Waals surface area contributed by atoms with Gasteiger partial charge in [-0.2, -0.15) is 0 Å². The van der Waals surface area contributed by atoms with Gasteiger partial charge in [-0.05, 0) is 41.8 Å². The molecule has 0 atom stereocenters. The predicted molar refractivity (Wildman–Crippen MR) is 107 cm³/mol. The Morgan fingerprint density at radius 1 is 1.12 bits per heavy atom. The van der Waals surface area contributed by atoms with Crippen LogP contribution < -0.4 is 10.0 Å². The van der Waals surface area contributed by atoms with Crippen LogP contribution in [0.4, 0.5) is 5.69 Å². The van der Waals surface area contributed by atoms with Crippen molar-refractivity contribution in [3.63, 3.8) is 0 Å². The van der Waals surface area contributed by atoms with Crippen LogP contribution in [0.1, 0.15) is 22.8 Å². The van der Waals surface area contributed by atoms with Crippen molar-refractivity contribution in [2.24, 2.45) is 0 Å². The molecule has 2 aromatic carbocycles. The Labute approximate surface area is 160 Å². The van der Waals surface area contributed by atoms with E-state index in [1.165, 1.54) is 28.8 Å². The molecule has 0 radical (unpaired) electrons. The Kier molecular flexibility index (Phi) is 5.35. The van der Waals surface area contributed by atoms with Gasteiger partial charge in [0.25, 0.3) is 5.91 Å². The van der Waals surface area contributed by atoms with Crippen molar-refractivity contribution in [1.29, 1.82) is 0 Å². The Morgan fingerprint density at radius 3 is 2.38 bits per heavy atom. The first-order valence-corrected chi connectivity index (χ1v) is 9.01. The summed E-state index contributed by atoms with van der Waals surface area (Å²) in [6, 6.07) is 15.7. The minimum Gasteiger partial charge on any atom is -0.545 e. The van der Waals surface area contributed by atoms with Crippen LogP contribution in [0.25, 0.3) is 6.08 Å². The van der Waals surface area contributed by atoms with Gasteiger partial charge < -0.3 is 9.90 Å². The molecule has 0 aliphatic carbocycles. The number of hydrogen-bond acceptors (Lipinski definition) is 5. The van der Waals surface area contributed by atoms with E-state index >= 15 is 0 Å². The first-order valence-electron chi connectivity index (χ1n) is 7.78. The fraction of sp³-hybridized carbons (Fsp3) is 0.0500. The van der Waals surface area contributed by atoms with Crippen LogP contribution in [-0.2, 0) is 4.79 Å². The molecule has 1 aliphatic rings. The molecule has 2 aromatic rings. The third kappa shape index (κ3) is 3.92. The van der Waals surface area contributed by atoms with Gasteiger partial charge in [0.2, 0.25) is 0 Å². The lowest BCUT2D eigenvalue weighted by atomic mass is 10.1. The van der Waals surface area contributed by atoms with E-state index in [2.05, 4.69) is 0 Å². The van der Waals surface area contributed by atoms with E-state index in [1.54, 1.807) is 12.1 Å². The maximum absolute atomic E-state index is 12.7. The SMILES string of the molecule is CC(=Cc1ccccc1)/C=C1/SC(=S)N(c2ccc(C(=O)[O-])cc2)C1=O. The second-order valence-electron chi connectivity index (χ2n) is 5.65. The van der Waals surface area contributed by atoms with Crippen molar-refractivity contribution in [2.45, 2.75) is 6.92 Å². The molecule has 6 heteroatoms. The number of rotatable bonds is 4. The summed E-state index contributed by atoms with van der Waals surface area (Å²) >= 11 is 6.55. The zero-order valence-electron chi connectivity index (χ0n) is 13.8. The van der Waals surface area contributed by atoms with Crippen molar-refractivity contribution in [3.05, 3.63) is 82.3 Å². The van der Waals surface area contributed by atoms with E-state index < -0.39 is 5.97 Å². The lowest BCUT2D eigenvalue weighted by Gasteiger charge is -2.15. The molecule has 0 aromatic heterocycles. The second kappa shape index (κ2) is 7.68. The van der Waals surface area contributed by atoms with Crippen molar-refractivity contribution in [1.82, 2.24) is 0 Å². The van der Waals surface area contributed by atoms with Crippen molar-refractivity contribution < 1.29 is 14.7 Å². The molecule has 1 saturated heterocycles. The number of thiocarbonyl (C=S) groups is 1. The highest BCUT2D eigenvalue weighted by molar-refractivity contribution is 8.27. The number of thioether (sulfide) groups is 1. The summed E-state index contributed by atoms with van der Waals surface area (Å²) in [5.41, 5.74) is 2.57. The van der Waals surface area contributed by atoms with Gasteiger partial charge in [0.1, 0.15) is 0 Å². The Bertz CT molecular complexity index is 931. The van der Waals surface area contributed by atoms with Gasteiger partial charge in [0, 0.05) is 0 Å². The van der Waals surface area contributed by atoms with Crippen LogP contribution in [0.5, 0.6) is 0 Å². The standard InChI is InChI=1S/C20H15NO3S2/c1-13(11-14-5-3-2-4-6-14)12-17-18(22)21(20(25)26-17)16-9-7-15(8-10-16)19(23)24/h2-12H,1H3,(H,23,24)/p-1/b13-11?,17-12+. The van der Waals surface area contributed by atoms with Gasteiger partial charge in [0.15, 0.2) is 4.32 Å². The van der Waals surface area contributed by atoms with E-state index in [9.17, 15) is 14.7 Å². The van der Waals surface area contributed by atoms with Gasteiger partial charge in [-0.1, -0.05) is 72.5 Å². The minimum atomic E-state index is -1.26. The third-order valence-electron chi connectivity index (χ3n) is 3.71. The largest absolute Gasteiger partial charge is 0.545 e. The van der Waals surface area contributed by atoms with Gasteiger partial charge in [-0.25, -0.2) is 0 Å². The highest BCUT2D eigenvalue weighted by Crippen LogP contribution is 2.35. The van der Waals surface area contributed by atoms with Crippen LogP contribution in [0.2, 0.25) is 0 Å². The molecule has 0 N–H and O–H groups in total. The van der Waals surface area contributed by atoms with E-state index in [0.717, 1.165) is 11.1 Å². The van der Waals surface area contributed by atoms with Gasteiger partial charge in [-0.3, -0.25) is 9.69 Å². The Morgan fingerprint density at radius 2 is 1.77 bits per heavy atom. The lowest BCUT2D eigenvalue weighted by molar-refractivity contribution is -0.255. The topological polar surface area (TPSA) is 60.4 Å². The van der Waals surface area contributed by atoms with Crippen LogP contribution in [-0.4, -0.2) is 16.2 Å². The van der Waals surface area contributed by atoms with Crippen molar-refractivity contribution in [2.75, 3.05) is 4.90 Å². The van der Waals surface area contributed by atoms with Crippen molar-refractivity contribution in [3.8, 4) is 0 Å². The summed E-state index contributed by atoms with van der Waals surface area (Å²) in [6.45, 7) is 1.92. The zero-order valence-corrected chi connectivity index (χ0v) is 15.5. The maximum atomic E-state index is 12.7. The molecule has 0 spiro atoms. The Balaban J connectivity index is 1.84. The average Bonchev–Trinajstić information content (AvgIpc) is 2.89. The van der Waals surface area contributed by atoms with Gasteiger partial charge >= 0.3 is 0 Å². The molecule has 4 nitrogen and oxygen atoms in total. The number of aromatic carboxylic acids is 1. The highest BCUT2D eigenvalue weighted by Gasteiger charge is 2.33. The van der Waals surface area contributed by atoms with Crippen LogP contribution in [0.3, 0.4) is 0 Å².